The molecule has 9 nitrogen and oxygen atoms in total. The summed E-state index contributed by atoms with van der Waals surface area (Å²) in [5.74, 6) is -10.3. The lowest BCUT2D eigenvalue weighted by Gasteiger charge is -2.19. The highest BCUT2D eigenvalue weighted by molar-refractivity contribution is 7.57. The lowest BCUT2D eigenvalue weighted by Crippen LogP contribution is -2.31. The molecule has 0 unspecified atom stereocenters. The van der Waals surface area contributed by atoms with Crippen LogP contribution in [-0.2, 0) is 38.1 Å². The summed E-state index contributed by atoms with van der Waals surface area (Å²) in [5.41, 5.74) is 0. The number of unbranched alkanes of at least 4 members (excludes halogenated alkanes) is 17. The van der Waals surface area contributed by atoms with E-state index in [2.05, 4.69) is 28.5 Å². The van der Waals surface area contributed by atoms with E-state index >= 15 is 0 Å². The molecule has 330 valence electrons. The minimum absolute atomic E-state index is 0.0132. The number of hydrogen-bond donors (Lipinski definition) is 0. The summed E-state index contributed by atoms with van der Waals surface area (Å²) in [7, 11) is 6.60. The zero-order chi connectivity index (χ0) is 41.9. The number of rotatable bonds is 39. The molecule has 56 heavy (non-hydrogen) atoms. The van der Waals surface area contributed by atoms with Crippen LogP contribution in [0.4, 0.5) is 17.6 Å². The highest BCUT2D eigenvalue weighted by Gasteiger charge is 2.40. The molecule has 0 atom stereocenters. The van der Waals surface area contributed by atoms with Gasteiger partial charge in [-0.15, -0.1) is 7.92 Å². The van der Waals surface area contributed by atoms with E-state index < -0.39 is 36.6 Å². The quantitative estimate of drug-likeness (QED) is 0.0197. The van der Waals surface area contributed by atoms with Crippen molar-refractivity contribution in [2.24, 2.45) is 0 Å². The number of ether oxygens (including phenoxy) is 4. The van der Waals surface area contributed by atoms with Crippen LogP contribution in [0.25, 0.3) is 0 Å². The van der Waals surface area contributed by atoms with E-state index in [1.807, 2.05) is 0 Å². The maximum Gasteiger partial charge on any atom is 0.376 e. The minimum Gasteiger partial charge on any atom is -0.469 e. The molecule has 0 aromatic heterocycles. The summed E-state index contributed by atoms with van der Waals surface area (Å²) in [4.78, 5) is 48.3. The van der Waals surface area contributed by atoms with Crippen molar-refractivity contribution in [2.45, 2.75) is 179 Å². The van der Waals surface area contributed by atoms with Crippen LogP contribution in [0.5, 0.6) is 0 Å². The number of carbonyl (C=O) groups is 4. The van der Waals surface area contributed by atoms with Gasteiger partial charge < -0.3 is 23.8 Å². The Bertz CT molecular complexity index is 951. The van der Waals surface area contributed by atoms with Gasteiger partial charge in [0, 0.05) is 25.7 Å². The van der Waals surface area contributed by atoms with Crippen molar-refractivity contribution in [3.63, 3.8) is 0 Å². The van der Waals surface area contributed by atoms with E-state index in [1.165, 1.54) is 14.2 Å². The molecule has 0 rings (SSSR count). The fourth-order valence-electron chi connectivity index (χ4n) is 6.28. The highest BCUT2D eigenvalue weighted by Crippen LogP contribution is 2.39. The Morgan fingerprint density at radius 3 is 1.16 bits per heavy atom. The fraction of sp³-hybridized carbons (Fsp3) is 0.905. The van der Waals surface area contributed by atoms with Crippen molar-refractivity contribution in [2.75, 3.05) is 66.6 Å². The van der Waals surface area contributed by atoms with Gasteiger partial charge in [-0.2, -0.15) is 17.6 Å². The molecule has 0 aliphatic heterocycles. The third-order valence-electron chi connectivity index (χ3n) is 9.83. The molecule has 0 bridgehead atoms. The van der Waals surface area contributed by atoms with Gasteiger partial charge in [0.05, 0.1) is 27.4 Å². The van der Waals surface area contributed by atoms with E-state index in [4.69, 9.17) is 9.47 Å². The van der Waals surface area contributed by atoms with Crippen LogP contribution >= 0.6 is 7.92 Å². The lowest BCUT2D eigenvalue weighted by atomic mass is 10.1. The first-order valence-corrected chi connectivity index (χ1v) is 23.3. The van der Waals surface area contributed by atoms with Crippen LogP contribution in [0.15, 0.2) is 0 Å². The van der Waals surface area contributed by atoms with Crippen molar-refractivity contribution >= 4 is 31.8 Å². The molecule has 0 aliphatic carbocycles. The van der Waals surface area contributed by atoms with Crippen LogP contribution < -0.4 is 0 Å². The second kappa shape index (κ2) is 35.0. The Balaban J connectivity index is 4.23. The maximum atomic E-state index is 14.4. The van der Waals surface area contributed by atoms with Gasteiger partial charge in [0.2, 0.25) is 0 Å². The maximum absolute atomic E-state index is 14.4. The Hall–Kier alpha value is -2.01. The third kappa shape index (κ3) is 32.0. The largest absolute Gasteiger partial charge is 0.469 e. The predicted octanol–water partition coefficient (Wildman–Crippen LogP) is 10.9. The van der Waals surface area contributed by atoms with Gasteiger partial charge in [0.1, 0.15) is 0 Å². The SMILES string of the molecule is COC(=O)CCCCCCCCOC(=O)C(F)(F)CCCCCCP(CCCCCCC(F)(F)C(=O)OCCCCCCCCC(=O)OC)CCCCN(C)C. The number of methoxy groups -OCH3 is 2. The molecular formula is C42H76F4NO8P. The first-order valence-electron chi connectivity index (χ1n) is 21.4. The van der Waals surface area contributed by atoms with Crippen LogP contribution in [-0.4, -0.2) is 107 Å². The summed E-state index contributed by atoms with van der Waals surface area (Å²) in [6.45, 7) is 0.997. The van der Waals surface area contributed by atoms with Gasteiger partial charge in [-0.25, -0.2) is 9.59 Å². The average Bonchev–Trinajstić information content (AvgIpc) is 3.16. The Morgan fingerprint density at radius 2 is 0.786 bits per heavy atom. The van der Waals surface area contributed by atoms with Crippen molar-refractivity contribution in [1.29, 1.82) is 0 Å². The Kier molecular flexibility index (Phi) is 33.7. The minimum atomic E-state index is -3.48. The smallest absolute Gasteiger partial charge is 0.376 e. The Labute approximate surface area is 337 Å². The zero-order valence-electron chi connectivity index (χ0n) is 35.3. The average molecular weight is 830 g/mol. The molecular weight excluding hydrogens is 753 g/mol. The first-order chi connectivity index (χ1) is 26.7. The summed E-state index contributed by atoms with van der Waals surface area (Å²) in [6, 6.07) is 0. The van der Waals surface area contributed by atoms with E-state index in [-0.39, 0.29) is 45.9 Å². The van der Waals surface area contributed by atoms with Crippen molar-refractivity contribution in [3.8, 4) is 0 Å². The molecule has 0 spiro atoms. The summed E-state index contributed by atoms with van der Waals surface area (Å²) < 4.78 is 76.5. The second-order valence-corrected chi connectivity index (χ2v) is 17.9. The topological polar surface area (TPSA) is 108 Å². The zero-order valence-corrected chi connectivity index (χ0v) is 36.2. The van der Waals surface area contributed by atoms with Gasteiger partial charge in [0.25, 0.3) is 0 Å². The van der Waals surface area contributed by atoms with Crippen LogP contribution in [0, 0.1) is 0 Å². The second-order valence-electron chi connectivity index (χ2n) is 15.3. The molecule has 0 saturated heterocycles. The predicted molar refractivity (Wildman–Crippen MR) is 216 cm³/mol. The number of esters is 4. The van der Waals surface area contributed by atoms with E-state index in [1.54, 1.807) is 0 Å². The molecule has 0 amide bonds. The molecule has 0 aromatic rings. The highest BCUT2D eigenvalue weighted by atomic mass is 31.1. The van der Waals surface area contributed by atoms with Crippen molar-refractivity contribution in [1.82, 2.24) is 4.90 Å². The molecule has 0 radical (unpaired) electrons. The normalized spacial score (nSPS) is 12.0. The number of hydrogen-bond acceptors (Lipinski definition) is 9. The van der Waals surface area contributed by atoms with Crippen molar-refractivity contribution in [3.05, 3.63) is 0 Å². The number of carbonyl (C=O) groups excluding carboxylic acids is 4. The van der Waals surface area contributed by atoms with Gasteiger partial charge in [-0.05, 0) is 103 Å². The Morgan fingerprint density at radius 1 is 0.464 bits per heavy atom. The van der Waals surface area contributed by atoms with Gasteiger partial charge in [-0.3, -0.25) is 9.59 Å². The molecule has 0 heterocycles. The van der Waals surface area contributed by atoms with E-state index in [0.717, 1.165) is 128 Å². The van der Waals surface area contributed by atoms with Gasteiger partial charge in [-0.1, -0.05) is 77.0 Å². The lowest BCUT2D eigenvalue weighted by molar-refractivity contribution is -0.173. The molecule has 0 aromatic carbocycles. The summed E-state index contributed by atoms with van der Waals surface area (Å²) in [5, 5.41) is 0. The van der Waals surface area contributed by atoms with Gasteiger partial charge >= 0.3 is 35.7 Å². The number of alkyl halides is 4. The molecule has 0 fully saturated rings. The van der Waals surface area contributed by atoms with Gasteiger partial charge in [0.15, 0.2) is 0 Å². The van der Waals surface area contributed by atoms with Crippen LogP contribution in [0.3, 0.4) is 0 Å². The molecule has 0 saturated carbocycles. The van der Waals surface area contributed by atoms with Crippen LogP contribution in [0.2, 0.25) is 0 Å². The van der Waals surface area contributed by atoms with Crippen LogP contribution in [0.1, 0.15) is 167 Å². The molecule has 0 aliphatic rings. The first kappa shape index (κ1) is 54.0. The van der Waals surface area contributed by atoms with E-state index in [0.29, 0.717) is 38.5 Å². The molecule has 0 N–H and O–H groups in total. The molecule has 14 heteroatoms. The standard InChI is InChI=1S/C42H76F4NO8P/c1-47(2)31-21-26-36-56(34-24-15-11-19-29-41(43,44)39(50)54-32-22-13-7-5-9-17-27-37(48)52-3)35-25-16-12-20-30-42(45,46)40(51)55-33-23-14-8-6-10-18-28-38(49)53-4/h5-36H2,1-4H3. The fourth-order valence-corrected chi connectivity index (χ4v) is 8.96. The third-order valence-corrected chi connectivity index (χ3v) is 12.7. The summed E-state index contributed by atoms with van der Waals surface area (Å²) in [6.07, 6.45) is 20.1. The number of nitrogens with zero attached hydrogens (tertiary/aromatic N) is 1. The van der Waals surface area contributed by atoms with Crippen molar-refractivity contribution < 1.29 is 55.7 Å². The van der Waals surface area contributed by atoms with E-state index in [9.17, 15) is 36.7 Å². The summed E-state index contributed by atoms with van der Waals surface area (Å²) >= 11 is 0. The number of halogens is 4. The monoisotopic (exact) mass is 830 g/mol.